The van der Waals surface area contributed by atoms with E-state index < -0.39 is 0 Å². The van der Waals surface area contributed by atoms with E-state index in [0.29, 0.717) is 6.04 Å². The number of nitrogens with zero attached hydrogens (tertiary/aromatic N) is 2. The number of anilines is 1. The van der Waals surface area contributed by atoms with Crippen LogP contribution in [0.4, 0.5) is 5.69 Å². The fraction of sp³-hybridized carbons (Fsp3) is 0.458. The van der Waals surface area contributed by atoms with Crippen molar-refractivity contribution in [3.8, 4) is 0 Å². The zero-order valence-electron chi connectivity index (χ0n) is 16.7. The quantitative estimate of drug-likeness (QED) is 0.888. The van der Waals surface area contributed by atoms with Gasteiger partial charge in [-0.25, -0.2) is 0 Å². The summed E-state index contributed by atoms with van der Waals surface area (Å²) in [7, 11) is 2.21. The van der Waals surface area contributed by atoms with E-state index in [2.05, 4.69) is 64.6 Å². The van der Waals surface area contributed by atoms with Crippen LogP contribution in [0.25, 0.3) is 0 Å². The molecule has 2 fully saturated rings. The standard InChI is InChI=1S/C24H29N3O/c1-26-13-12-24(16-26)17-27(15-18-6-3-2-4-7-18)22-11-10-19(14-21(22)24)23(28)25-20-8-5-9-20/h2-4,6-7,10-11,14,20H,5,8-9,12-13,15-17H2,1H3,(H,25,28). The van der Waals surface area contributed by atoms with Gasteiger partial charge in [-0.2, -0.15) is 0 Å². The van der Waals surface area contributed by atoms with Gasteiger partial charge in [0.1, 0.15) is 0 Å². The van der Waals surface area contributed by atoms with Crippen molar-refractivity contribution in [2.24, 2.45) is 0 Å². The van der Waals surface area contributed by atoms with E-state index in [1.807, 2.05) is 6.07 Å². The summed E-state index contributed by atoms with van der Waals surface area (Å²) in [6.45, 7) is 4.15. The van der Waals surface area contributed by atoms with E-state index in [1.54, 1.807) is 0 Å². The smallest absolute Gasteiger partial charge is 0.251 e. The largest absolute Gasteiger partial charge is 0.366 e. The summed E-state index contributed by atoms with van der Waals surface area (Å²) in [6, 6.07) is 17.5. The molecule has 1 saturated carbocycles. The van der Waals surface area contributed by atoms with Crippen LogP contribution in [0.15, 0.2) is 48.5 Å². The Hall–Kier alpha value is -2.33. The van der Waals surface area contributed by atoms with Crippen LogP contribution in [-0.2, 0) is 12.0 Å². The topological polar surface area (TPSA) is 35.6 Å². The van der Waals surface area contributed by atoms with Crippen LogP contribution >= 0.6 is 0 Å². The van der Waals surface area contributed by atoms with Gasteiger partial charge in [-0.1, -0.05) is 30.3 Å². The van der Waals surface area contributed by atoms with Crippen molar-refractivity contribution in [2.75, 3.05) is 31.6 Å². The van der Waals surface area contributed by atoms with E-state index in [9.17, 15) is 4.79 Å². The predicted molar refractivity (Wildman–Crippen MR) is 113 cm³/mol. The molecule has 5 rings (SSSR count). The summed E-state index contributed by atoms with van der Waals surface area (Å²) in [5.74, 6) is 0.0931. The van der Waals surface area contributed by atoms with E-state index in [0.717, 1.165) is 51.0 Å². The monoisotopic (exact) mass is 375 g/mol. The number of rotatable bonds is 4. The zero-order valence-corrected chi connectivity index (χ0v) is 16.7. The lowest BCUT2D eigenvalue weighted by Crippen LogP contribution is -2.39. The Kier molecular flexibility index (Phi) is 4.39. The summed E-state index contributed by atoms with van der Waals surface area (Å²) in [4.78, 5) is 17.7. The number of nitrogens with one attached hydrogen (secondary N) is 1. The van der Waals surface area contributed by atoms with Gasteiger partial charge in [0.25, 0.3) is 5.91 Å². The number of carbonyl (C=O) groups is 1. The van der Waals surface area contributed by atoms with Crippen molar-refractivity contribution in [1.29, 1.82) is 0 Å². The molecule has 1 aliphatic carbocycles. The zero-order chi connectivity index (χ0) is 19.1. The maximum absolute atomic E-state index is 12.8. The van der Waals surface area contributed by atoms with Crippen molar-refractivity contribution in [1.82, 2.24) is 10.2 Å². The SMILES string of the molecule is CN1CCC2(C1)CN(Cc1ccccc1)c1ccc(C(=O)NC3CCC3)cc12. The first-order chi connectivity index (χ1) is 13.6. The third-order valence-corrected chi connectivity index (χ3v) is 6.87. The van der Waals surface area contributed by atoms with Gasteiger partial charge in [0.05, 0.1) is 0 Å². The van der Waals surface area contributed by atoms with Crippen LogP contribution in [-0.4, -0.2) is 43.5 Å². The van der Waals surface area contributed by atoms with Gasteiger partial charge in [0, 0.05) is 42.3 Å². The Labute approximate surface area is 167 Å². The number of hydrogen-bond acceptors (Lipinski definition) is 3. The highest BCUT2D eigenvalue weighted by atomic mass is 16.1. The minimum absolute atomic E-state index is 0.0931. The Bertz CT molecular complexity index is 877. The molecular weight excluding hydrogens is 346 g/mol. The van der Waals surface area contributed by atoms with Crippen LogP contribution in [0.5, 0.6) is 0 Å². The van der Waals surface area contributed by atoms with Gasteiger partial charge in [-0.05, 0) is 68.6 Å². The molecule has 1 saturated heterocycles. The number of benzene rings is 2. The van der Waals surface area contributed by atoms with Crippen molar-refractivity contribution in [2.45, 2.75) is 43.7 Å². The first-order valence-electron chi connectivity index (χ1n) is 10.6. The van der Waals surface area contributed by atoms with E-state index in [1.165, 1.54) is 23.2 Å². The molecule has 3 aliphatic rings. The maximum atomic E-state index is 12.8. The molecule has 1 atom stereocenters. The Balaban J connectivity index is 1.46. The molecule has 4 nitrogen and oxygen atoms in total. The predicted octanol–water partition coefficient (Wildman–Crippen LogP) is 3.56. The molecule has 1 unspecified atom stereocenters. The van der Waals surface area contributed by atoms with Crippen LogP contribution in [0.3, 0.4) is 0 Å². The number of amides is 1. The van der Waals surface area contributed by atoms with Crippen LogP contribution in [0, 0.1) is 0 Å². The van der Waals surface area contributed by atoms with E-state index in [-0.39, 0.29) is 11.3 Å². The third kappa shape index (κ3) is 3.10. The lowest BCUT2D eigenvalue weighted by Gasteiger charge is -2.27. The van der Waals surface area contributed by atoms with Crippen molar-refractivity contribution < 1.29 is 4.79 Å². The summed E-state index contributed by atoms with van der Waals surface area (Å²) >= 11 is 0. The molecule has 146 valence electrons. The molecule has 28 heavy (non-hydrogen) atoms. The summed E-state index contributed by atoms with van der Waals surface area (Å²) in [5, 5.41) is 3.20. The summed E-state index contributed by atoms with van der Waals surface area (Å²) < 4.78 is 0. The normalized spacial score (nSPS) is 24.4. The molecule has 1 spiro atoms. The van der Waals surface area contributed by atoms with Gasteiger partial charge < -0.3 is 15.1 Å². The fourth-order valence-electron chi connectivity index (χ4n) is 5.11. The number of hydrogen-bond donors (Lipinski definition) is 1. The molecule has 1 amide bonds. The number of likely N-dealkylation sites (tertiary alicyclic amines) is 1. The maximum Gasteiger partial charge on any atom is 0.251 e. The second-order valence-electron chi connectivity index (χ2n) is 8.94. The second-order valence-corrected chi connectivity index (χ2v) is 8.94. The molecule has 1 N–H and O–H groups in total. The lowest BCUT2D eigenvalue weighted by molar-refractivity contribution is 0.0917. The third-order valence-electron chi connectivity index (χ3n) is 6.87. The number of fused-ring (bicyclic) bond motifs is 2. The van der Waals surface area contributed by atoms with Crippen LogP contribution < -0.4 is 10.2 Å². The fourth-order valence-corrected chi connectivity index (χ4v) is 5.11. The minimum Gasteiger partial charge on any atom is -0.366 e. The molecule has 2 aliphatic heterocycles. The first kappa shape index (κ1) is 17.7. The van der Waals surface area contributed by atoms with Gasteiger partial charge >= 0.3 is 0 Å². The average Bonchev–Trinajstić information content (AvgIpc) is 3.19. The van der Waals surface area contributed by atoms with E-state index in [4.69, 9.17) is 0 Å². The molecular formula is C24H29N3O. The minimum atomic E-state index is 0.0931. The first-order valence-corrected chi connectivity index (χ1v) is 10.6. The number of carbonyl (C=O) groups excluding carboxylic acids is 1. The average molecular weight is 376 g/mol. The molecule has 0 bridgehead atoms. The second kappa shape index (κ2) is 6.93. The number of likely N-dealkylation sites (N-methyl/N-ethyl adjacent to an activating group) is 1. The van der Waals surface area contributed by atoms with Crippen molar-refractivity contribution in [3.63, 3.8) is 0 Å². The summed E-state index contributed by atoms with van der Waals surface area (Å²) in [6.07, 6.45) is 4.64. The van der Waals surface area contributed by atoms with E-state index >= 15 is 0 Å². The van der Waals surface area contributed by atoms with Gasteiger partial charge in [-0.3, -0.25) is 4.79 Å². The Morgan fingerprint density at radius 1 is 1.14 bits per heavy atom. The molecule has 0 aromatic heterocycles. The highest BCUT2D eigenvalue weighted by molar-refractivity contribution is 5.95. The Morgan fingerprint density at radius 3 is 2.64 bits per heavy atom. The lowest BCUT2D eigenvalue weighted by atomic mass is 9.81. The molecule has 4 heteroatoms. The Morgan fingerprint density at radius 2 is 1.96 bits per heavy atom. The molecule has 2 aromatic carbocycles. The van der Waals surface area contributed by atoms with Crippen LogP contribution in [0.2, 0.25) is 0 Å². The van der Waals surface area contributed by atoms with Crippen molar-refractivity contribution in [3.05, 3.63) is 65.2 Å². The van der Waals surface area contributed by atoms with Crippen molar-refractivity contribution >= 4 is 11.6 Å². The molecule has 2 heterocycles. The van der Waals surface area contributed by atoms with Gasteiger partial charge in [0.15, 0.2) is 0 Å². The molecule has 2 aromatic rings. The van der Waals surface area contributed by atoms with Crippen LogP contribution in [0.1, 0.15) is 47.2 Å². The highest BCUT2D eigenvalue weighted by Crippen LogP contribution is 2.47. The van der Waals surface area contributed by atoms with Gasteiger partial charge in [-0.15, -0.1) is 0 Å². The highest BCUT2D eigenvalue weighted by Gasteiger charge is 2.46. The van der Waals surface area contributed by atoms with Gasteiger partial charge in [0.2, 0.25) is 0 Å². The summed E-state index contributed by atoms with van der Waals surface area (Å²) in [5.41, 5.74) is 4.98. The molecule has 0 radical (unpaired) electrons.